The Balaban J connectivity index is 1.62. The maximum absolute atomic E-state index is 14.1. The minimum atomic E-state index is -0.605. The fourth-order valence-electron chi connectivity index (χ4n) is 7.00. The van der Waals surface area contributed by atoms with E-state index in [1.807, 2.05) is 57.2 Å². The summed E-state index contributed by atoms with van der Waals surface area (Å²) in [6.07, 6.45) is 6.41. The molecule has 1 aliphatic heterocycles. The first kappa shape index (κ1) is 29.4. The summed E-state index contributed by atoms with van der Waals surface area (Å²) in [6, 6.07) is 20.6. The highest BCUT2D eigenvalue weighted by atomic mass is 16.5. The third-order valence-electron chi connectivity index (χ3n) is 9.55. The molecule has 5 rings (SSSR count). The number of carbonyl (C=O) groups excluding carboxylic acids is 2. The van der Waals surface area contributed by atoms with Crippen molar-refractivity contribution in [2.75, 3.05) is 26.3 Å². The number of Topliss-reactive ketones (excluding diaryl/α,β-unsaturated/α-hetero) is 1. The van der Waals surface area contributed by atoms with Gasteiger partial charge in [0.1, 0.15) is 0 Å². The van der Waals surface area contributed by atoms with E-state index in [0.717, 1.165) is 73.9 Å². The highest BCUT2D eigenvalue weighted by molar-refractivity contribution is 6.10. The Kier molecular flexibility index (Phi) is 8.63. The van der Waals surface area contributed by atoms with E-state index < -0.39 is 5.54 Å². The topological polar surface area (TPSA) is 46.6 Å². The van der Waals surface area contributed by atoms with Crippen LogP contribution in [-0.2, 0) is 10.2 Å². The molecule has 0 spiro atoms. The summed E-state index contributed by atoms with van der Waals surface area (Å²) >= 11 is 0. The number of benzene rings is 3. The van der Waals surface area contributed by atoms with Crippen molar-refractivity contribution in [2.45, 2.75) is 84.1 Å². The molecule has 0 amide bonds. The van der Waals surface area contributed by atoms with Crippen LogP contribution < -0.4 is 0 Å². The van der Waals surface area contributed by atoms with Crippen LogP contribution in [0.3, 0.4) is 0 Å². The largest absolute Gasteiger partial charge is 0.379 e. The fourth-order valence-corrected chi connectivity index (χ4v) is 7.00. The molecule has 1 aliphatic carbocycles. The monoisotopic (exact) mass is 551 g/mol. The number of ether oxygens (including phenoxy) is 1. The van der Waals surface area contributed by atoms with Gasteiger partial charge in [-0.25, -0.2) is 0 Å². The van der Waals surface area contributed by atoms with Gasteiger partial charge in [-0.1, -0.05) is 88.1 Å². The molecule has 0 saturated carbocycles. The third kappa shape index (κ3) is 5.33. The van der Waals surface area contributed by atoms with Crippen LogP contribution in [0.5, 0.6) is 0 Å². The summed E-state index contributed by atoms with van der Waals surface area (Å²) in [5.41, 5.74) is 7.40. The molecule has 0 aromatic heterocycles. The van der Waals surface area contributed by atoms with Crippen molar-refractivity contribution in [2.24, 2.45) is 0 Å². The Hall–Kier alpha value is -3.08. The number of hydrogen-bond donors (Lipinski definition) is 0. The van der Waals surface area contributed by atoms with Crippen LogP contribution >= 0.6 is 0 Å². The molecule has 0 bridgehead atoms. The maximum Gasteiger partial charge on any atom is 0.193 e. The van der Waals surface area contributed by atoms with Crippen LogP contribution in [0.1, 0.15) is 109 Å². The Labute approximate surface area is 246 Å². The minimum Gasteiger partial charge on any atom is -0.379 e. The number of hydrogen-bond acceptors (Lipinski definition) is 4. The van der Waals surface area contributed by atoms with Gasteiger partial charge in [0.2, 0.25) is 0 Å². The Morgan fingerprint density at radius 1 is 0.829 bits per heavy atom. The molecule has 1 heterocycles. The van der Waals surface area contributed by atoms with Crippen molar-refractivity contribution in [3.63, 3.8) is 0 Å². The number of nitrogens with zero attached hydrogens (tertiary/aromatic N) is 1. The first-order valence-electron chi connectivity index (χ1n) is 15.5. The third-order valence-corrected chi connectivity index (χ3v) is 9.55. The second-order valence-corrected chi connectivity index (χ2v) is 12.4. The molecular formula is C37H45NO3. The van der Waals surface area contributed by atoms with Crippen LogP contribution in [0.2, 0.25) is 0 Å². The van der Waals surface area contributed by atoms with E-state index in [1.54, 1.807) is 0 Å². The standard InChI is InChI=1S/C37H45NO3/c1-6-8-18-37(19-9-7-2)32-24-27(34(39)29-13-11-10-12-26(29)3)14-16-30(32)31-17-15-28(25-33(31)37)35(40)36(4,5)38-20-22-41-23-21-38/h10-17,24-25H,6-9,18-23H2,1-5H3. The van der Waals surface area contributed by atoms with Crippen molar-refractivity contribution in [1.29, 1.82) is 0 Å². The number of fused-ring (bicyclic) bond motifs is 3. The van der Waals surface area contributed by atoms with Crippen LogP contribution in [0.4, 0.5) is 0 Å². The summed E-state index contributed by atoms with van der Waals surface area (Å²) in [7, 11) is 0. The first-order valence-corrected chi connectivity index (χ1v) is 15.5. The molecule has 1 fully saturated rings. The molecule has 0 radical (unpaired) electrons. The molecule has 216 valence electrons. The average Bonchev–Trinajstić information content (AvgIpc) is 3.27. The zero-order valence-corrected chi connectivity index (χ0v) is 25.5. The number of morpholine rings is 1. The lowest BCUT2D eigenvalue weighted by Crippen LogP contribution is -2.54. The van der Waals surface area contributed by atoms with E-state index in [-0.39, 0.29) is 17.0 Å². The summed E-state index contributed by atoms with van der Waals surface area (Å²) in [4.78, 5) is 30.1. The van der Waals surface area contributed by atoms with Gasteiger partial charge in [0.25, 0.3) is 0 Å². The first-order chi connectivity index (χ1) is 19.7. The zero-order valence-electron chi connectivity index (χ0n) is 25.5. The van der Waals surface area contributed by atoms with Gasteiger partial charge in [0.15, 0.2) is 11.6 Å². The van der Waals surface area contributed by atoms with E-state index in [2.05, 4.69) is 43.0 Å². The highest BCUT2D eigenvalue weighted by Gasteiger charge is 2.44. The zero-order chi connectivity index (χ0) is 29.2. The van der Waals surface area contributed by atoms with Crippen molar-refractivity contribution in [3.05, 3.63) is 94.0 Å². The minimum absolute atomic E-state index is 0.0740. The molecule has 3 aromatic rings. The Morgan fingerprint density at radius 3 is 1.98 bits per heavy atom. The quantitative estimate of drug-likeness (QED) is 0.226. The molecule has 4 nitrogen and oxygen atoms in total. The summed E-state index contributed by atoms with van der Waals surface area (Å²) in [5.74, 6) is 0.235. The Bertz CT molecular complexity index is 1420. The number of rotatable bonds is 11. The highest BCUT2D eigenvalue weighted by Crippen LogP contribution is 2.54. The summed E-state index contributed by atoms with van der Waals surface area (Å²) < 4.78 is 5.56. The molecular weight excluding hydrogens is 506 g/mol. The molecule has 4 heteroatoms. The van der Waals surface area contributed by atoms with Gasteiger partial charge in [-0.15, -0.1) is 0 Å². The lowest BCUT2D eigenvalue weighted by atomic mass is 9.70. The number of carbonyl (C=O) groups is 2. The second-order valence-electron chi connectivity index (χ2n) is 12.4. The van der Waals surface area contributed by atoms with Crippen LogP contribution in [0.15, 0.2) is 60.7 Å². The number of ketones is 2. The molecule has 2 aliphatic rings. The summed E-state index contributed by atoms with van der Waals surface area (Å²) in [5, 5.41) is 0. The van der Waals surface area contributed by atoms with E-state index in [9.17, 15) is 9.59 Å². The van der Waals surface area contributed by atoms with E-state index in [0.29, 0.717) is 13.2 Å². The van der Waals surface area contributed by atoms with E-state index in [4.69, 9.17) is 4.74 Å². The molecule has 0 unspecified atom stereocenters. The van der Waals surface area contributed by atoms with Crippen molar-refractivity contribution in [1.82, 2.24) is 4.90 Å². The van der Waals surface area contributed by atoms with Gasteiger partial charge < -0.3 is 4.74 Å². The predicted octanol–water partition coefficient (Wildman–Crippen LogP) is 8.17. The van der Waals surface area contributed by atoms with Gasteiger partial charge in [0.05, 0.1) is 18.8 Å². The van der Waals surface area contributed by atoms with E-state index >= 15 is 0 Å². The SMILES string of the molecule is CCCCC1(CCCC)c2cc(C(=O)c3ccccc3C)ccc2-c2ccc(C(=O)C(C)(C)N3CCOCC3)cc21. The summed E-state index contributed by atoms with van der Waals surface area (Å²) in [6.45, 7) is 13.4. The van der Waals surface area contributed by atoms with Gasteiger partial charge in [-0.3, -0.25) is 14.5 Å². The van der Waals surface area contributed by atoms with Gasteiger partial charge >= 0.3 is 0 Å². The van der Waals surface area contributed by atoms with E-state index in [1.165, 1.54) is 22.3 Å². The number of aryl methyl sites for hydroxylation is 1. The van der Waals surface area contributed by atoms with Crippen LogP contribution in [0.25, 0.3) is 11.1 Å². The lowest BCUT2D eigenvalue weighted by molar-refractivity contribution is -0.00430. The molecule has 0 N–H and O–H groups in total. The van der Waals surface area contributed by atoms with Gasteiger partial charge in [0, 0.05) is 35.2 Å². The maximum atomic E-state index is 14.1. The molecule has 41 heavy (non-hydrogen) atoms. The fraction of sp³-hybridized carbons (Fsp3) is 0.459. The smallest absolute Gasteiger partial charge is 0.193 e. The van der Waals surface area contributed by atoms with Gasteiger partial charge in [-0.2, -0.15) is 0 Å². The van der Waals surface area contributed by atoms with Crippen molar-refractivity contribution in [3.8, 4) is 11.1 Å². The van der Waals surface area contributed by atoms with Gasteiger partial charge in [-0.05, 0) is 73.6 Å². The van der Waals surface area contributed by atoms with Crippen LogP contribution in [0, 0.1) is 6.92 Å². The average molecular weight is 552 g/mol. The lowest BCUT2D eigenvalue weighted by Gasteiger charge is -2.39. The predicted molar refractivity (Wildman–Crippen MR) is 167 cm³/mol. The van der Waals surface area contributed by atoms with Crippen LogP contribution in [-0.4, -0.2) is 48.3 Å². The Morgan fingerprint density at radius 2 is 1.39 bits per heavy atom. The molecule has 3 aromatic carbocycles. The molecule has 1 saturated heterocycles. The second kappa shape index (κ2) is 12.0. The normalized spacial score (nSPS) is 16.3. The van der Waals surface area contributed by atoms with Crippen molar-refractivity contribution >= 4 is 11.6 Å². The number of unbranched alkanes of at least 4 members (excludes halogenated alkanes) is 2. The van der Waals surface area contributed by atoms with Crippen molar-refractivity contribution < 1.29 is 14.3 Å². The molecule has 0 atom stereocenters.